The van der Waals surface area contributed by atoms with Gasteiger partial charge in [-0.25, -0.2) is 9.78 Å². The largest absolute Gasteiger partial charge is 0.497 e. The molecule has 0 saturated carbocycles. The highest BCUT2D eigenvalue weighted by Gasteiger charge is 2.23. The first kappa shape index (κ1) is 19.5. The number of hydrogen-bond donors (Lipinski definition) is 1. The molecule has 1 fully saturated rings. The molecule has 2 aromatic carbocycles. The molecule has 3 aromatic rings. The Morgan fingerprint density at radius 2 is 1.76 bits per heavy atom. The Morgan fingerprint density at radius 1 is 1.07 bits per heavy atom. The Labute approximate surface area is 178 Å². The smallest absolute Gasteiger partial charge is 0.321 e. The number of benzene rings is 2. The summed E-state index contributed by atoms with van der Waals surface area (Å²) in [5.41, 5.74) is 2.75. The lowest BCUT2D eigenvalue weighted by Gasteiger charge is -2.34. The molecule has 150 valence electrons. The van der Waals surface area contributed by atoms with Gasteiger partial charge < -0.3 is 19.9 Å². The number of aromatic nitrogens is 1. The first-order valence-electron chi connectivity index (χ1n) is 9.29. The zero-order valence-corrected chi connectivity index (χ0v) is 17.5. The van der Waals surface area contributed by atoms with Crippen LogP contribution in [0.25, 0.3) is 11.3 Å². The van der Waals surface area contributed by atoms with Gasteiger partial charge in [-0.2, -0.15) is 0 Å². The Kier molecular flexibility index (Phi) is 5.87. The molecule has 0 bridgehead atoms. The third-order valence-corrected chi connectivity index (χ3v) is 5.96. The number of ether oxygens (including phenoxy) is 1. The molecule has 0 atom stereocenters. The number of carbonyl (C=O) groups is 1. The maximum absolute atomic E-state index is 12.5. The van der Waals surface area contributed by atoms with Crippen LogP contribution in [0.4, 0.5) is 15.6 Å². The summed E-state index contributed by atoms with van der Waals surface area (Å²) >= 11 is 7.58. The van der Waals surface area contributed by atoms with E-state index in [-0.39, 0.29) is 6.03 Å². The maximum Gasteiger partial charge on any atom is 0.321 e. The van der Waals surface area contributed by atoms with E-state index in [1.807, 2.05) is 53.4 Å². The summed E-state index contributed by atoms with van der Waals surface area (Å²) in [4.78, 5) is 21.3. The third kappa shape index (κ3) is 4.63. The number of thiazole rings is 1. The van der Waals surface area contributed by atoms with Crippen LogP contribution >= 0.6 is 22.9 Å². The van der Waals surface area contributed by atoms with Crippen LogP contribution in [0.5, 0.6) is 5.75 Å². The second-order valence-electron chi connectivity index (χ2n) is 6.65. The van der Waals surface area contributed by atoms with E-state index in [9.17, 15) is 4.79 Å². The summed E-state index contributed by atoms with van der Waals surface area (Å²) in [6.45, 7) is 2.81. The van der Waals surface area contributed by atoms with E-state index in [4.69, 9.17) is 21.3 Å². The van der Waals surface area contributed by atoms with Crippen molar-refractivity contribution in [2.75, 3.05) is 43.5 Å². The molecule has 29 heavy (non-hydrogen) atoms. The average molecular weight is 429 g/mol. The number of anilines is 2. The molecule has 0 radical (unpaired) electrons. The number of piperazine rings is 1. The molecule has 1 N–H and O–H groups in total. The van der Waals surface area contributed by atoms with Gasteiger partial charge in [0.25, 0.3) is 0 Å². The Bertz CT molecular complexity index is 967. The molecular weight excluding hydrogens is 408 g/mol. The van der Waals surface area contributed by atoms with Crippen LogP contribution in [0.3, 0.4) is 0 Å². The van der Waals surface area contributed by atoms with Gasteiger partial charge in [-0.15, -0.1) is 11.3 Å². The van der Waals surface area contributed by atoms with Crippen LogP contribution in [-0.2, 0) is 0 Å². The third-order valence-electron chi connectivity index (χ3n) is 4.81. The molecular formula is C21H21ClN4O2S. The number of nitrogens with zero attached hydrogens (tertiary/aromatic N) is 3. The molecule has 0 spiro atoms. The Balaban J connectivity index is 1.33. The number of nitrogens with one attached hydrogen (secondary N) is 1. The van der Waals surface area contributed by atoms with E-state index in [0.29, 0.717) is 18.1 Å². The first-order chi connectivity index (χ1) is 14.1. The van der Waals surface area contributed by atoms with Crippen molar-refractivity contribution >= 4 is 39.8 Å². The minimum atomic E-state index is -0.0872. The Morgan fingerprint density at radius 3 is 2.41 bits per heavy atom. The van der Waals surface area contributed by atoms with Crippen molar-refractivity contribution in [3.8, 4) is 17.0 Å². The molecule has 8 heteroatoms. The number of rotatable bonds is 4. The fraction of sp³-hybridized carbons (Fsp3) is 0.238. The maximum atomic E-state index is 12.5. The molecule has 2 amide bonds. The van der Waals surface area contributed by atoms with Gasteiger partial charge in [0.2, 0.25) is 0 Å². The van der Waals surface area contributed by atoms with E-state index in [0.717, 1.165) is 40.9 Å². The summed E-state index contributed by atoms with van der Waals surface area (Å²) in [6.07, 6.45) is 0. The van der Waals surface area contributed by atoms with Crippen LogP contribution in [0.15, 0.2) is 53.9 Å². The Hall–Kier alpha value is -2.77. The van der Waals surface area contributed by atoms with Crippen LogP contribution < -0.4 is 15.0 Å². The highest BCUT2D eigenvalue weighted by molar-refractivity contribution is 7.14. The van der Waals surface area contributed by atoms with Gasteiger partial charge in [-0.1, -0.05) is 23.7 Å². The molecule has 1 aromatic heterocycles. The van der Waals surface area contributed by atoms with Crippen LogP contribution in [0.1, 0.15) is 0 Å². The standard InChI is InChI=1S/C21H21ClN4O2S/c1-28-18-8-6-17(7-9-18)23-20(27)25-10-12-26(13-11-25)21-24-19(14-29-21)15-2-4-16(22)5-3-15/h2-9,14H,10-13H2,1H3,(H,23,27). The number of halogens is 1. The van der Waals surface area contributed by atoms with Crippen molar-refractivity contribution in [2.24, 2.45) is 0 Å². The van der Waals surface area contributed by atoms with E-state index >= 15 is 0 Å². The molecule has 1 aliphatic heterocycles. The fourth-order valence-corrected chi connectivity index (χ4v) is 4.15. The minimum absolute atomic E-state index is 0.0872. The topological polar surface area (TPSA) is 57.7 Å². The lowest BCUT2D eigenvalue weighted by atomic mass is 10.2. The van der Waals surface area contributed by atoms with Crippen molar-refractivity contribution in [1.82, 2.24) is 9.88 Å². The van der Waals surface area contributed by atoms with Gasteiger partial charge in [-0.05, 0) is 36.4 Å². The van der Waals surface area contributed by atoms with Gasteiger partial charge in [0.1, 0.15) is 5.75 Å². The van der Waals surface area contributed by atoms with Gasteiger partial charge in [-0.3, -0.25) is 0 Å². The highest BCUT2D eigenvalue weighted by Crippen LogP contribution is 2.29. The molecule has 6 nitrogen and oxygen atoms in total. The van der Waals surface area contributed by atoms with Crippen molar-refractivity contribution in [2.45, 2.75) is 0 Å². The molecule has 1 aliphatic rings. The average Bonchev–Trinajstić information content (AvgIpc) is 3.25. The van der Waals surface area contributed by atoms with E-state index in [1.165, 1.54) is 0 Å². The van der Waals surface area contributed by atoms with Crippen molar-refractivity contribution in [3.05, 3.63) is 58.9 Å². The zero-order chi connectivity index (χ0) is 20.2. The second-order valence-corrected chi connectivity index (χ2v) is 7.93. The number of hydrogen-bond acceptors (Lipinski definition) is 5. The SMILES string of the molecule is COc1ccc(NC(=O)N2CCN(c3nc(-c4ccc(Cl)cc4)cs3)CC2)cc1. The molecule has 0 unspecified atom stereocenters. The summed E-state index contributed by atoms with van der Waals surface area (Å²) in [5.74, 6) is 0.762. The summed E-state index contributed by atoms with van der Waals surface area (Å²) in [5, 5.41) is 6.69. The lowest BCUT2D eigenvalue weighted by molar-refractivity contribution is 0.208. The van der Waals surface area contributed by atoms with Crippen LogP contribution in [0, 0.1) is 0 Å². The highest BCUT2D eigenvalue weighted by atomic mass is 35.5. The summed E-state index contributed by atoms with van der Waals surface area (Å²) in [6, 6.07) is 14.9. The van der Waals surface area contributed by atoms with Crippen LogP contribution in [-0.4, -0.2) is 49.2 Å². The van der Waals surface area contributed by atoms with Crippen molar-refractivity contribution in [3.63, 3.8) is 0 Å². The summed E-state index contributed by atoms with van der Waals surface area (Å²) in [7, 11) is 1.62. The number of carbonyl (C=O) groups excluding carboxylic acids is 1. The molecule has 1 saturated heterocycles. The van der Waals surface area contributed by atoms with Crippen molar-refractivity contribution in [1.29, 1.82) is 0 Å². The van der Waals surface area contributed by atoms with E-state index < -0.39 is 0 Å². The number of amides is 2. The molecule has 2 heterocycles. The summed E-state index contributed by atoms with van der Waals surface area (Å²) < 4.78 is 5.14. The van der Waals surface area contributed by atoms with E-state index in [1.54, 1.807) is 18.4 Å². The molecule has 0 aliphatic carbocycles. The monoisotopic (exact) mass is 428 g/mol. The van der Waals surface area contributed by atoms with E-state index in [2.05, 4.69) is 15.6 Å². The van der Waals surface area contributed by atoms with Gasteiger partial charge >= 0.3 is 6.03 Å². The lowest BCUT2D eigenvalue weighted by Crippen LogP contribution is -2.50. The molecule has 4 rings (SSSR count). The number of urea groups is 1. The van der Waals surface area contributed by atoms with Crippen molar-refractivity contribution < 1.29 is 9.53 Å². The minimum Gasteiger partial charge on any atom is -0.497 e. The van der Waals surface area contributed by atoms with Gasteiger partial charge in [0.05, 0.1) is 12.8 Å². The van der Waals surface area contributed by atoms with Gasteiger partial charge in [0.15, 0.2) is 5.13 Å². The first-order valence-corrected chi connectivity index (χ1v) is 10.5. The van der Waals surface area contributed by atoms with Crippen LogP contribution in [0.2, 0.25) is 5.02 Å². The predicted octanol–water partition coefficient (Wildman–Crippen LogP) is 4.83. The second kappa shape index (κ2) is 8.71. The predicted molar refractivity (Wildman–Crippen MR) is 118 cm³/mol. The quantitative estimate of drug-likeness (QED) is 0.646. The fourth-order valence-electron chi connectivity index (χ4n) is 3.14. The number of methoxy groups -OCH3 is 1. The van der Waals surface area contributed by atoms with Gasteiger partial charge in [0, 0.05) is 47.8 Å². The zero-order valence-electron chi connectivity index (χ0n) is 16.0. The normalized spacial score (nSPS) is 14.0.